The van der Waals surface area contributed by atoms with Gasteiger partial charge in [0.1, 0.15) is 11.6 Å². The van der Waals surface area contributed by atoms with E-state index in [-0.39, 0.29) is 11.6 Å². The molecule has 1 rings (SSSR count). The molecular weight excluding hydrogens is 235 g/mol. The predicted octanol–water partition coefficient (Wildman–Crippen LogP) is 2.64. The third-order valence-electron chi connectivity index (χ3n) is 1.77. The van der Waals surface area contributed by atoms with E-state index in [0.717, 1.165) is 5.56 Å². The van der Waals surface area contributed by atoms with Gasteiger partial charge in [-0.2, -0.15) is 0 Å². The summed E-state index contributed by atoms with van der Waals surface area (Å²) in [4.78, 5) is 11.0. The van der Waals surface area contributed by atoms with E-state index < -0.39 is 0 Å². The minimum absolute atomic E-state index is 0.103. The predicted molar refractivity (Wildman–Crippen MR) is 53.6 cm³/mol. The van der Waals surface area contributed by atoms with Crippen molar-refractivity contribution in [1.82, 2.24) is 0 Å². The van der Waals surface area contributed by atoms with E-state index in [2.05, 4.69) is 15.9 Å². The van der Waals surface area contributed by atoms with Gasteiger partial charge in [-0.1, -0.05) is 28.1 Å². The van der Waals surface area contributed by atoms with Crippen LogP contribution in [0.3, 0.4) is 0 Å². The van der Waals surface area contributed by atoms with E-state index in [1.807, 2.05) is 0 Å². The van der Waals surface area contributed by atoms with Crippen molar-refractivity contribution in [3.8, 4) is 0 Å². The highest BCUT2D eigenvalue weighted by molar-refractivity contribution is 9.09. The van der Waals surface area contributed by atoms with E-state index in [4.69, 9.17) is 0 Å². The first-order valence-corrected chi connectivity index (χ1v) is 5.08. The zero-order valence-corrected chi connectivity index (χ0v) is 8.90. The van der Waals surface area contributed by atoms with Gasteiger partial charge in [-0.3, -0.25) is 4.79 Å². The lowest BCUT2D eigenvalue weighted by Crippen LogP contribution is -2.03. The average molecular weight is 245 g/mol. The summed E-state index contributed by atoms with van der Waals surface area (Å²) >= 11 is 3.08. The number of hydrogen-bond acceptors (Lipinski definition) is 1. The van der Waals surface area contributed by atoms with Gasteiger partial charge in [0, 0.05) is 6.42 Å². The number of ketones is 1. The lowest BCUT2D eigenvalue weighted by Gasteiger charge is -2.01. The molecule has 0 aliphatic carbocycles. The number of halogens is 2. The summed E-state index contributed by atoms with van der Waals surface area (Å²) in [7, 11) is 0. The van der Waals surface area contributed by atoms with Crippen molar-refractivity contribution in [1.29, 1.82) is 0 Å². The third-order valence-corrected chi connectivity index (χ3v) is 2.40. The molecule has 70 valence electrons. The van der Waals surface area contributed by atoms with Crippen molar-refractivity contribution in [2.75, 3.05) is 5.33 Å². The van der Waals surface area contributed by atoms with Crippen LogP contribution in [-0.2, 0) is 11.2 Å². The van der Waals surface area contributed by atoms with Crippen molar-refractivity contribution in [3.63, 3.8) is 0 Å². The fraction of sp³-hybridized carbons (Fsp3) is 0.300. The lowest BCUT2D eigenvalue weighted by molar-refractivity contribution is -0.115. The van der Waals surface area contributed by atoms with E-state index in [1.54, 1.807) is 19.1 Å². The molecule has 0 unspecified atom stereocenters. The fourth-order valence-corrected chi connectivity index (χ4v) is 1.29. The summed E-state index contributed by atoms with van der Waals surface area (Å²) < 4.78 is 12.8. The largest absolute Gasteiger partial charge is 0.298 e. The molecule has 13 heavy (non-hydrogen) atoms. The van der Waals surface area contributed by atoms with Crippen LogP contribution in [0.4, 0.5) is 4.39 Å². The zero-order valence-electron chi connectivity index (χ0n) is 7.31. The molecule has 0 amide bonds. The maximum atomic E-state index is 12.8. The van der Waals surface area contributed by atoms with Crippen molar-refractivity contribution in [2.45, 2.75) is 13.3 Å². The number of rotatable bonds is 3. The Labute approximate surface area is 85.1 Å². The minimum atomic E-state index is -0.227. The fourth-order valence-electron chi connectivity index (χ4n) is 1.09. The summed E-state index contributed by atoms with van der Waals surface area (Å²) in [6.45, 7) is 1.69. The van der Waals surface area contributed by atoms with Gasteiger partial charge in [0.05, 0.1) is 5.33 Å². The monoisotopic (exact) mass is 244 g/mol. The van der Waals surface area contributed by atoms with E-state index >= 15 is 0 Å². The molecule has 0 atom stereocenters. The molecule has 0 aliphatic heterocycles. The second kappa shape index (κ2) is 4.51. The minimum Gasteiger partial charge on any atom is -0.298 e. The third kappa shape index (κ3) is 2.92. The Kier molecular flexibility index (Phi) is 3.60. The molecule has 0 N–H and O–H groups in total. The summed E-state index contributed by atoms with van der Waals surface area (Å²) in [6, 6.07) is 4.74. The first-order valence-electron chi connectivity index (χ1n) is 3.96. The Morgan fingerprint density at radius 3 is 2.77 bits per heavy atom. The summed E-state index contributed by atoms with van der Waals surface area (Å²) in [5.74, 6) is -0.124. The molecule has 0 saturated heterocycles. The van der Waals surface area contributed by atoms with Crippen molar-refractivity contribution in [3.05, 3.63) is 35.1 Å². The van der Waals surface area contributed by atoms with Crippen molar-refractivity contribution < 1.29 is 9.18 Å². The Balaban J connectivity index is 2.79. The number of Topliss-reactive ketones (excluding diaryl/α,β-unsaturated/α-hetero) is 1. The van der Waals surface area contributed by atoms with Crippen LogP contribution in [0.2, 0.25) is 0 Å². The van der Waals surface area contributed by atoms with E-state index in [0.29, 0.717) is 17.3 Å². The lowest BCUT2D eigenvalue weighted by atomic mass is 10.1. The van der Waals surface area contributed by atoms with Crippen LogP contribution in [0, 0.1) is 12.7 Å². The first kappa shape index (κ1) is 10.4. The standard InChI is InChI=1S/C10H10BrFO/c1-7-4-8(2-3-10(7)12)5-9(13)6-11/h2-4H,5-6H2,1H3. The first-order chi connectivity index (χ1) is 6.13. The van der Waals surface area contributed by atoms with Gasteiger partial charge in [-0.25, -0.2) is 4.39 Å². The molecule has 0 aromatic heterocycles. The van der Waals surface area contributed by atoms with Crippen LogP contribution in [0.25, 0.3) is 0 Å². The van der Waals surface area contributed by atoms with E-state index in [1.165, 1.54) is 6.07 Å². The highest BCUT2D eigenvalue weighted by Crippen LogP contribution is 2.10. The number of carbonyl (C=O) groups is 1. The molecule has 0 fully saturated rings. The molecule has 3 heteroatoms. The number of carbonyl (C=O) groups excluding carboxylic acids is 1. The van der Waals surface area contributed by atoms with Gasteiger partial charge in [-0.15, -0.1) is 0 Å². The Hall–Kier alpha value is -0.700. The molecule has 0 saturated carbocycles. The van der Waals surface area contributed by atoms with Gasteiger partial charge < -0.3 is 0 Å². The summed E-state index contributed by atoms with van der Waals surface area (Å²) in [5.41, 5.74) is 1.45. The van der Waals surface area contributed by atoms with Gasteiger partial charge in [0.2, 0.25) is 0 Å². The van der Waals surface area contributed by atoms with Crippen LogP contribution >= 0.6 is 15.9 Å². The molecule has 0 radical (unpaired) electrons. The topological polar surface area (TPSA) is 17.1 Å². The maximum absolute atomic E-state index is 12.8. The molecule has 1 aromatic rings. The Morgan fingerprint density at radius 2 is 2.23 bits per heavy atom. The molecular formula is C10H10BrFO. The zero-order chi connectivity index (χ0) is 9.84. The van der Waals surface area contributed by atoms with Crippen LogP contribution < -0.4 is 0 Å². The van der Waals surface area contributed by atoms with Gasteiger partial charge >= 0.3 is 0 Å². The quantitative estimate of drug-likeness (QED) is 0.748. The second-order valence-electron chi connectivity index (χ2n) is 2.93. The maximum Gasteiger partial charge on any atom is 0.147 e. The molecule has 1 nitrogen and oxygen atoms in total. The highest BCUT2D eigenvalue weighted by Gasteiger charge is 2.03. The molecule has 0 bridgehead atoms. The molecule has 0 aliphatic rings. The van der Waals surface area contributed by atoms with Gasteiger partial charge in [-0.05, 0) is 24.1 Å². The summed E-state index contributed by atoms with van der Waals surface area (Å²) in [5, 5.41) is 0.351. The SMILES string of the molecule is Cc1cc(CC(=O)CBr)ccc1F. The van der Waals surface area contributed by atoms with E-state index in [9.17, 15) is 9.18 Å². The van der Waals surface area contributed by atoms with Crippen LogP contribution in [0.5, 0.6) is 0 Å². The van der Waals surface area contributed by atoms with Crippen molar-refractivity contribution in [2.24, 2.45) is 0 Å². The molecule has 0 heterocycles. The number of aryl methyl sites for hydroxylation is 1. The Bertz CT molecular complexity index is 323. The van der Waals surface area contributed by atoms with Crippen molar-refractivity contribution >= 4 is 21.7 Å². The molecule has 1 aromatic carbocycles. The van der Waals surface area contributed by atoms with Crippen LogP contribution in [0.1, 0.15) is 11.1 Å². The van der Waals surface area contributed by atoms with Crippen LogP contribution in [-0.4, -0.2) is 11.1 Å². The second-order valence-corrected chi connectivity index (χ2v) is 3.49. The number of benzene rings is 1. The van der Waals surface area contributed by atoms with Gasteiger partial charge in [0.25, 0.3) is 0 Å². The number of hydrogen-bond donors (Lipinski definition) is 0. The normalized spacial score (nSPS) is 10.1. The molecule has 0 spiro atoms. The van der Waals surface area contributed by atoms with Crippen LogP contribution in [0.15, 0.2) is 18.2 Å². The smallest absolute Gasteiger partial charge is 0.147 e. The summed E-state index contributed by atoms with van der Waals surface area (Å²) in [6.07, 6.45) is 0.367. The average Bonchev–Trinajstić information content (AvgIpc) is 2.11. The Morgan fingerprint density at radius 1 is 1.54 bits per heavy atom. The number of alkyl halides is 1. The highest BCUT2D eigenvalue weighted by atomic mass is 79.9. The van der Waals surface area contributed by atoms with Gasteiger partial charge in [0.15, 0.2) is 0 Å².